The van der Waals surface area contributed by atoms with Gasteiger partial charge in [-0.3, -0.25) is 0 Å². The van der Waals surface area contributed by atoms with E-state index < -0.39 is 26.8 Å². The van der Waals surface area contributed by atoms with Crippen LogP contribution in [0.5, 0.6) is 11.5 Å². The van der Waals surface area contributed by atoms with Gasteiger partial charge in [-0.05, 0) is 37.3 Å². The lowest BCUT2D eigenvalue weighted by molar-refractivity contribution is 0.395. The van der Waals surface area contributed by atoms with Crippen LogP contribution in [0.2, 0.25) is 0 Å². The van der Waals surface area contributed by atoms with Crippen molar-refractivity contribution in [1.82, 2.24) is 4.72 Å². The molecule has 0 amide bonds. The smallest absolute Gasteiger partial charge is 0.244 e. The first-order valence-corrected chi connectivity index (χ1v) is 8.36. The SMILES string of the molecule is COc1ccc(OC)c([C@@H](C)NS(=O)(=O)c2ccccc2F)c1. The fourth-order valence-corrected chi connectivity index (χ4v) is 3.50. The lowest BCUT2D eigenvalue weighted by atomic mass is 10.1. The van der Waals surface area contributed by atoms with Gasteiger partial charge in [-0.1, -0.05) is 12.1 Å². The van der Waals surface area contributed by atoms with Crippen LogP contribution in [0, 0.1) is 5.82 Å². The maximum absolute atomic E-state index is 13.7. The summed E-state index contributed by atoms with van der Waals surface area (Å²) in [6.07, 6.45) is 0. The van der Waals surface area contributed by atoms with Crippen molar-refractivity contribution >= 4 is 10.0 Å². The van der Waals surface area contributed by atoms with Crippen molar-refractivity contribution in [2.24, 2.45) is 0 Å². The summed E-state index contributed by atoms with van der Waals surface area (Å²) >= 11 is 0. The number of hydrogen-bond donors (Lipinski definition) is 1. The number of benzene rings is 2. The van der Waals surface area contributed by atoms with E-state index in [1.165, 1.54) is 32.4 Å². The normalized spacial score (nSPS) is 12.7. The average Bonchev–Trinajstić information content (AvgIpc) is 2.54. The van der Waals surface area contributed by atoms with Crippen LogP contribution in [0.4, 0.5) is 4.39 Å². The van der Waals surface area contributed by atoms with E-state index in [-0.39, 0.29) is 0 Å². The van der Waals surface area contributed by atoms with Crippen molar-refractivity contribution in [2.75, 3.05) is 14.2 Å². The third kappa shape index (κ3) is 3.80. The first kappa shape index (κ1) is 17.2. The predicted molar refractivity (Wildman–Crippen MR) is 84.7 cm³/mol. The molecule has 0 heterocycles. The molecule has 2 aromatic carbocycles. The number of rotatable bonds is 6. The molecular formula is C16H18FNO4S. The third-order valence-corrected chi connectivity index (χ3v) is 4.94. The second-order valence-corrected chi connectivity index (χ2v) is 6.56. The molecule has 1 atom stereocenters. The second kappa shape index (κ2) is 6.97. The second-order valence-electron chi connectivity index (χ2n) is 4.88. The van der Waals surface area contributed by atoms with Crippen LogP contribution in [-0.2, 0) is 10.0 Å². The van der Waals surface area contributed by atoms with Crippen LogP contribution in [0.25, 0.3) is 0 Å². The predicted octanol–water partition coefficient (Wildman–Crippen LogP) is 2.88. The van der Waals surface area contributed by atoms with E-state index in [0.29, 0.717) is 17.1 Å². The molecule has 2 rings (SSSR count). The summed E-state index contributed by atoms with van der Waals surface area (Å²) in [5, 5.41) is 0. The fourth-order valence-electron chi connectivity index (χ4n) is 2.20. The quantitative estimate of drug-likeness (QED) is 0.879. The maximum atomic E-state index is 13.7. The molecule has 0 spiro atoms. The zero-order valence-electron chi connectivity index (χ0n) is 13.0. The van der Waals surface area contributed by atoms with Gasteiger partial charge in [0.2, 0.25) is 10.0 Å². The van der Waals surface area contributed by atoms with Gasteiger partial charge in [0.05, 0.1) is 14.2 Å². The summed E-state index contributed by atoms with van der Waals surface area (Å²) in [5.74, 6) is 0.275. The monoisotopic (exact) mass is 339 g/mol. The molecule has 1 N–H and O–H groups in total. The van der Waals surface area contributed by atoms with Crippen LogP contribution in [0.3, 0.4) is 0 Å². The van der Waals surface area contributed by atoms with Gasteiger partial charge in [-0.15, -0.1) is 0 Å². The Hall–Kier alpha value is -2.12. The van der Waals surface area contributed by atoms with Gasteiger partial charge in [-0.2, -0.15) is 0 Å². The zero-order chi connectivity index (χ0) is 17.0. The number of halogens is 1. The van der Waals surface area contributed by atoms with Crippen LogP contribution in [0.15, 0.2) is 47.4 Å². The Labute approximate surface area is 135 Å². The zero-order valence-corrected chi connectivity index (χ0v) is 13.9. The lowest BCUT2D eigenvalue weighted by Gasteiger charge is -2.18. The Morgan fingerprint density at radius 3 is 2.39 bits per heavy atom. The number of hydrogen-bond acceptors (Lipinski definition) is 4. The average molecular weight is 339 g/mol. The Balaban J connectivity index is 2.35. The molecule has 0 saturated carbocycles. The minimum atomic E-state index is -4.00. The summed E-state index contributed by atoms with van der Waals surface area (Å²) in [6.45, 7) is 1.65. The molecule has 0 saturated heterocycles. The molecule has 0 radical (unpaired) electrons. The van der Waals surface area contributed by atoms with Crippen molar-refractivity contribution in [2.45, 2.75) is 17.9 Å². The Morgan fingerprint density at radius 2 is 1.78 bits per heavy atom. The Bertz CT molecular complexity index is 792. The van der Waals surface area contributed by atoms with E-state index in [1.807, 2.05) is 0 Å². The van der Waals surface area contributed by atoms with Crippen LogP contribution in [-0.4, -0.2) is 22.6 Å². The van der Waals surface area contributed by atoms with Gasteiger partial charge < -0.3 is 9.47 Å². The first-order valence-electron chi connectivity index (χ1n) is 6.88. The Morgan fingerprint density at radius 1 is 1.09 bits per heavy atom. The molecule has 0 unspecified atom stereocenters. The number of nitrogens with one attached hydrogen (secondary N) is 1. The highest BCUT2D eigenvalue weighted by molar-refractivity contribution is 7.89. The summed E-state index contributed by atoms with van der Waals surface area (Å²) in [4.78, 5) is -0.395. The molecule has 0 fully saturated rings. The highest BCUT2D eigenvalue weighted by Gasteiger charge is 2.23. The largest absolute Gasteiger partial charge is 0.497 e. The summed E-state index contributed by atoms with van der Waals surface area (Å²) in [6, 6.07) is 9.65. The topological polar surface area (TPSA) is 64.6 Å². The van der Waals surface area contributed by atoms with Crippen molar-refractivity contribution in [3.63, 3.8) is 0 Å². The van der Waals surface area contributed by atoms with E-state index in [1.54, 1.807) is 25.1 Å². The molecule has 5 nitrogen and oxygen atoms in total. The fraction of sp³-hybridized carbons (Fsp3) is 0.250. The van der Waals surface area contributed by atoms with Gasteiger partial charge in [0, 0.05) is 11.6 Å². The molecule has 0 aromatic heterocycles. The molecule has 0 aliphatic heterocycles. The molecule has 7 heteroatoms. The number of methoxy groups -OCH3 is 2. The van der Waals surface area contributed by atoms with Gasteiger partial charge >= 0.3 is 0 Å². The van der Waals surface area contributed by atoms with Crippen LogP contribution in [0.1, 0.15) is 18.5 Å². The van der Waals surface area contributed by atoms with E-state index in [4.69, 9.17) is 9.47 Å². The van der Waals surface area contributed by atoms with Gasteiger partial charge in [0.15, 0.2) is 0 Å². The summed E-state index contributed by atoms with van der Waals surface area (Å²) in [5.41, 5.74) is 0.590. The van der Waals surface area contributed by atoms with Gasteiger partial charge in [0.1, 0.15) is 22.2 Å². The van der Waals surface area contributed by atoms with Gasteiger partial charge in [0.25, 0.3) is 0 Å². The van der Waals surface area contributed by atoms with Crippen LogP contribution < -0.4 is 14.2 Å². The highest BCUT2D eigenvalue weighted by Crippen LogP contribution is 2.30. The molecule has 0 aliphatic carbocycles. The molecule has 0 bridgehead atoms. The van der Waals surface area contributed by atoms with E-state index in [0.717, 1.165) is 6.07 Å². The van der Waals surface area contributed by atoms with Crippen molar-refractivity contribution in [3.8, 4) is 11.5 Å². The standard InChI is InChI=1S/C16H18FNO4S/c1-11(13-10-12(21-2)8-9-15(13)22-3)18-23(19,20)16-7-5-4-6-14(16)17/h4-11,18H,1-3H3/t11-/m1/s1. The minimum absolute atomic E-state index is 0.395. The van der Waals surface area contributed by atoms with Crippen LogP contribution >= 0.6 is 0 Å². The summed E-state index contributed by atoms with van der Waals surface area (Å²) in [7, 11) is -1.00. The number of sulfonamides is 1. The molecule has 23 heavy (non-hydrogen) atoms. The van der Waals surface area contributed by atoms with Crippen molar-refractivity contribution in [3.05, 3.63) is 53.8 Å². The lowest BCUT2D eigenvalue weighted by Crippen LogP contribution is -2.28. The number of ether oxygens (including phenoxy) is 2. The Kier molecular flexibility index (Phi) is 5.23. The van der Waals surface area contributed by atoms with E-state index in [9.17, 15) is 12.8 Å². The van der Waals surface area contributed by atoms with Crippen molar-refractivity contribution < 1.29 is 22.3 Å². The highest BCUT2D eigenvalue weighted by atomic mass is 32.2. The van der Waals surface area contributed by atoms with Gasteiger partial charge in [-0.25, -0.2) is 17.5 Å². The van der Waals surface area contributed by atoms with E-state index >= 15 is 0 Å². The third-order valence-electron chi connectivity index (χ3n) is 3.36. The van der Waals surface area contributed by atoms with E-state index in [2.05, 4.69) is 4.72 Å². The molecule has 0 aliphatic rings. The molecule has 2 aromatic rings. The maximum Gasteiger partial charge on any atom is 0.244 e. The first-order chi connectivity index (χ1) is 10.9. The minimum Gasteiger partial charge on any atom is -0.497 e. The molecular weight excluding hydrogens is 321 g/mol. The molecule has 124 valence electrons. The summed E-state index contributed by atoms with van der Waals surface area (Å²) < 4.78 is 51.3. The van der Waals surface area contributed by atoms with Crippen molar-refractivity contribution in [1.29, 1.82) is 0 Å².